The van der Waals surface area contributed by atoms with Gasteiger partial charge < -0.3 is 11.1 Å². The molecule has 1 aliphatic heterocycles. The summed E-state index contributed by atoms with van der Waals surface area (Å²) in [5.74, 6) is -0.0634. The second-order valence-corrected chi connectivity index (χ2v) is 3.43. The maximum atomic E-state index is 10.9. The molecular weight excluding hydrogens is 164 g/mol. The standard InChI is InChI=1S/C10H12N2O/c1-6-3-2-4-7(5-6)9-8(11)10(13)12-9/h2-5,8-9H,11H2,1H3,(H,12,13). The zero-order valence-corrected chi connectivity index (χ0v) is 7.45. The molecule has 0 aliphatic carbocycles. The molecule has 1 amide bonds. The van der Waals surface area contributed by atoms with Crippen LogP contribution >= 0.6 is 0 Å². The first-order valence-electron chi connectivity index (χ1n) is 4.31. The van der Waals surface area contributed by atoms with Crippen molar-refractivity contribution >= 4 is 5.91 Å². The number of aryl methyl sites for hydroxylation is 1. The highest BCUT2D eigenvalue weighted by Crippen LogP contribution is 2.23. The van der Waals surface area contributed by atoms with Gasteiger partial charge in [-0.25, -0.2) is 0 Å². The summed E-state index contributed by atoms with van der Waals surface area (Å²) in [6.45, 7) is 2.02. The lowest BCUT2D eigenvalue weighted by Crippen LogP contribution is -2.60. The number of carbonyl (C=O) groups excluding carboxylic acids is 1. The van der Waals surface area contributed by atoms with Crippen LogP contribution in [0, 0.1) is 6.92 Å². The van der Waals surface area contributed by atoms with Crippen LogP contribution in [0.1, 0.15) is 17.2 Å². The maximum absolute atomic E-state index is 10.9. The van der Waals surface area contributed by atoms with E-state index in [4.69, 9.17) is 5.73 Å². The van der Waals surface area contributed by atoms with Crippen LogP contribution in [-0.2, 0) is 4.79 Å². The van der Waals surface area contributed by atoms with Gasteiger partial charge in [0.2, 0.25) is 5.91 Å². The summed E-state index contributed by atoms with van der Waals surface area (Å²) in [5.41, 5.74) is 7.91. The lowest BCUT2D eigenvalue weighted by Gasteiger charge is -2.34. The molecule has 2 unspecified atom stereocenters. The Bertz CT molecular complexity index is 349. The third-order valence-corrected chi connectivity index (χ3v) is 2.36. The Kier molecular flexibility index (Phi) is 1.81. The van der Waals surface area contributed by atoms with Gasteiger partial charge in [0.25, 0.3) is 0 Å². The molecule has 3 nitrogen and oxygen atoms in total. The van der Waals surface area contributed by atoms with Gasteiger partial charge in [-0.05, 0) is 12.5 Å². The van der Waals surface area contributed by atoms with Gasteiger partial charge in [0, 0.05) is 0 Å². The molecule has 0 radical (unpaired) electrons. The van der Waals surface area contributed by atoms with Crippen molar-refractivity contribution in [2.24, 2.45) is 5.73 Å². The first kappa shape index (κ1) is 8.26. The smallest absolute Gasteiger partial charge is 0.239 e. The predicted octanol–water partition coefficient (Wildman–Crippen LogP) is 0.493. The molecule has 1 aromatic carbocycles. The Labute approximate surface area is 76.9 Å². The van der Waals surface area contributed by atoms with Crippen LogP contribution in [0.15, 0.2) is 24.3 Å². The average Bonchev–Trinajstić information content (AvgIpc) is 2.13. The SMILES string of the molecule is Cc1cccc(C2NC(=O)C2N)c1. The van der Waals surface area contributed by atoms with E-state index < -0.39 is 0 Å². The van der Waals surface area contributed by atoms with Crippen molar-refractivity contribution in [3.63, 3.8) is 0 Å². The summed E-state index contributed by atoms with van der Waals surface area (Å²) in [5, 5.41) is 2.77. The van der Waals surface area contributed by atoms with E-state index in [-0.39, 0.29) is 18.0 Å². The Morgan fingerprint density at radius 1 is 1.46 bits per heavy atom. The van der Waals surface area contributed by atoms with E-state index in [9.17, 15) is 4.79 Å². The van der Waals surface area contributed by atoms with Gasteiger partial charge in [0.05, 0.1) is 6.04 Å². The largest absolute Gasteiger partial charge is 0.346 e. The van der Waals surface area contributed by atoms with E-state index in [1.165, 1.54) is 5.56 Å². The third-order valence-electron chi connectivity index (χ3n) is 2.36. The molecule has 0 bridgehead atoms. The molecule has 2 atom stereocenters. The molecule has 1 aliphatic rings. The van der Waals surface area contributed by atoms with Crippen LogP contribution in [0.5, 0.6) is 0 Å². The molecule has 0 aromatic heterocycles. The van der Waals surface area contributed by atoms with Crippen molar-refractivity contribution < 1.29 is 4.79 Å². The molecule has 1 aromatic rings. The number of nitrogens with one attached hydrogen (secondary N) is 1. The van der Waals surface area contributed by atoms with Crippen LogP contribution in [0.2, 0.25) is 0 Å². The topological polar surface area (TPSA) is 55.1 Å². The van der Waals surface area contributed by atoms with Gasteiger partial charge in [0.1, 0.15) is 6.04 Å². The van der Waals surface area contributed by atoms with Crippen LogP contribution in [0.25, 0.3) is 0 Å². The number of benzene rings is 1. The summed E-state index contributed by atoms with van der Waals surface area (Å²) in [7, 11) is 0. The monoisotopic (exact) mass is 176 g/mol. The molecule has 1 heterocycles. The second kappa shape index (κ2) is 2.85. The lowest BCUT2D eigenvalue weighted by molar-refractivity contribution is -0.130. The fourth-order valence-electron chi connectivity index (χ4n) is 1.55. The van der Waals surface area contributed by atoms with E-state index in [1.54, 1.807) is 0 Å². The van der Waals surface area contributed by atoms with E-state index in [1.807, 2.05) is 31.2 Å². The Hall–Kier alpha value is -1.35. The van der Waals surface area contributed by atoms with Crippen molar-refractivity contribution in [3.05, 3.63) is 35.4 Å². The van der Waals surface area contributed by atoms with Crippen molar-refractivity contribution in [3.8, 4) is 0 Å². The van der Waals surface area contributed by atoms with Crippen LogP contribution in [-0.4, -0.2) is 11.9 Å². The molecule has 0 saturated carbocycles. The van der Waals surface area contributed by atoms with Crippen molar-refractivity contribution in [1.29, 1.82) is 0 Å². The Balaban J connectivity index is 2.23. The molecule has 0 spiro atoms. The van der Waals surface area contributed by atoms with Gasteiger partial charge in [-0.3, -0.25) is 4.79 Å². The lowest BCUT2D eigenvalue weighted by atomic mass is 9.92. The van der Waals surface area contributed by atoms with Crippen molar-refractivity contribution in [1.82, 2.24) is 5.32 Å². The quantitative estimate of drug-likeness (QED) is 0.612. The molecule has 2 rings (SSSR count). The highest BCUT2D eigenvalue weighted by Gasteiger charge is 2.36. The number of hydrogen-bond donors (Lipinski definition) is 2. The highest BCUT2D eigenvalue weighted by molar-refractivity contribution is 5.89. The van der Waals surface area contributed by atoms with Crippen LogP contribution in [0.3, 0.4) is 0 Å². The number of nitrogens with two attached hydrogens (primary N) is 1. The highest BCUT2D eigenvalue weighted by atomic mass is 16.2. The third kappa shape index (κ3) is 1.31. The Morgan fingerprint density at radius 3 is 2.77 bits per heavy atom. The number of amides is 1. The van der Waals surface area contributed by atoms with Gasteiger partial charge in [-0.15, -0.1) is 0 Å². The first-order valence-corrected chi connectivity index (χ1v) is 4.31. The van der Waals surface area contributed by atoms with Crippen LogP contribution in [0.4, 0.5) is 0 Å². The number of rotatable bonds is 1. The molecule has 13 heavy (non-hydrogen) atoms. The van der Waals surface area contributed by atoms with Gasteiger partial charge in [-0.1, -0.05) is 29.8 Å². The molecule has 68 valence electrons. The van der Waals surface area contributed by atoms with Crippen molar-refractivity contribution in [2.45, 2.75) is 19.0 Å². The van der Waals surface area contributed by atoms with E-state index in [0.29, 0.717) is 0 Å². The maximum Gasteiger partial charge on any atom is 0.239 e. The first-order chi connectivity index (χ1) is 6.18. The Morgan fingerprint density at radius 2 is 2.23 bits per heavy atom. The summed E-state index contributed by atoms with van der Waals surface area (Å²) in [6.07, 6.45) is 0. The molecule has 3 heteroatoms. The summed E-state index contributed by atoms with van der Waals surface area (Å²) < 4.78 is 0. The zero-order valence-electron chi connectivity index (χ0n) is 7.45. The minimum absolute atomic E-state index is 0.00685. The van der Waals surface area contributed by atoms with Gasteiger partial charge in [0.15, 0.2) is 0 Å². The number of hydrogen-bond acceptors (Lipinski definition) is 2. The summed E-state index contributed by atoms with van der Waals surface area (Å²) in [6, 6.07) is 7.66. The fourth-order valence-corrected chi connectivity index (χ4v) is 1.55. The molecule has 1 saturated heterocycles. The minimum atomic E-state index is -0.373. The van der Waals surface area contributed by atoms with Crippen molar-refractivity contribution in [2.75, 3.05) is 0 Å². The second-order valence-electron chi connectivity index (χ2n) is 3.43. The van der Waals surface area contributed by atoms with E-state index in [2.05, 4.69) is 5.32 Å². The number of β-lactam (4-membered cyclic amide) rings is 1. The fraction of sp³-hybridized carbons (Fsp3) is 0.300. The minimum Gasteiger partial charge on any atom is -0.346 e. The zero-order chi connectivity index (χ0) is 9.42. The van der Waals surface area contributed by atoms with Gasteiger partial charge in [-0.2, -0.15) is 0 Å². The van der Waals surface area contributed by atoms with Crippen LogP contribution < -0.4 is 11.1 Å². The number of carbonyl (C=O) groups is 1. The molecule has 1 fully saturated rings. The van der Waals surface area contributed by atoms with E-state index in [0.717, 1.165) is 5.56 Å². The molecular formula is C10H12N2O. The molecule has 3 N–H and O–H groups in total. The summed E-state index contributed by atoms with van der Waals surface area (Å²) in [4.78, 5) is 10.9. The average molecular weight is 176 g/mol. The van der Waals surface area contributed by atoms with E-state index >= 15 is 0 Å². The van der Waals surface area contributed by atoms with Gasteiger partial charge >= 0.3 is 0 Å². The normalized spacial score (nSPS) is 26.5. The predicted molar refractivity (Wildman–Crippen MR) is 50.0 cm³/mol. The summed E-state index contributed by atoms with van der Waals surface area (Å²) >= 11 is 0.